The van der Waals surface area contributed by atoms with E-state index in [-0.39, 0.29) is 17.1 Å². The number of anilines is 1. The molecule has 2 aromatic rings. The summed E-state index contributed by atoms with van der Waals surface area (Å²) in [5, 5.41) is 0. The molecule has 1 aliphatic heterocycles. The fraction of sp³-hybridized carbons (Fsp3) is 0.462. The Bertz CT molecular complexity index is 1100. The molecule has 0 amide bonds. The van der Waals surface area contributed by atoms with Crippen molar-refractivity contribution < 1.29 is 27.1 Å². The number of esters is 1. The van der Waals surface area contributed by atoms with Gasteiger partial charge < -0.3 is 4.74 Å². The van der Waals surface area contributed by atoms with Crippen molar-refractivity contribution in [3.8, 4) is 0 Å². The van der Waals surface area contributed by atoms with Crippen LogP contribution in [-0.2, 0) is 24.3 Å². The summed E-state index contributed by atoms with van der Waals surface area (Å²) in [6.45, 7) is 5.91. The standard InChI is InChI=1S/C26H32FNO5S/c1-4-14-26(15-5-2)17-23(29)24(25(30)33-26)22(6-3)18-8-7-9-20(16-18)28-34(31,32)21-12-10-19(27)11-13-21/h7-13,16,22,24,28H,4-6,14-15,17H2,1-3H3. The molecule has 1 fully saturated rings. The number of carbonyl (C=O) groups excluding carboxylic acids is 2. The zero-order valence-electron chi connectivity index (χ0n) is 19.8. The van der Waals surface area contributed by atoms with Gasteiger partial charge in [0.15, 0.2) is 5.78 Å². The Kier molecular flexibility index (Phi) is 8.13. The number of ketones is 1. The second kappa shape index (κ2) is 10.7. The Morgan fingerprint density at radius 2 is 1.71 bits per heavy atom. The molecule has 0 spiro atoms. The molecule has 2 aromatic carbocycles. The summed E-state index contributed by atoms with van der Waals surface area (Å²) >= 11 is 0. The van der Waals surface area contributed by atoms with Gasteiger partial charge in [-0.2, -0.15) is 0 Å². The van der Waals surface area contributed by atoms with Crippen molar-refractivity contribution in [2.24, 2.45) is 5.92 Å². The van der Waals surface area contributed by atoms with Gasteiger partial charge in [0.2, 0.25) is 0 Å². The van der Waals surface area contributed by atoms with E-state index in [2.05, 4.69) is 4.72 Å². The number of carbonyl (C=O) groups is 2. The molecule has 8 heteroatoms. The van der Waals surface area contributed by atoms with Crippen LogP contribution in [0.2, 0.25) is 0 Å². The number of hydrogen-bond donors (Lipinski definition) is 1. The zero-order valence-corrected chi connectivity index (χ0v) is 20.7. The van der Waals surface area contributed by atoms with E-state index in [1.54, 1.807) is 24.3 Å². The quantitative estimate of drug-likeness (QED) is 0.347. The average molecular weight is 490 g/mol. The minimum absolute atomic E-state index is 0.0689. The van der Waals surface area contributed by atoms with E-state index < -0.39 is 39.2 Å². The Labute approximate surface area is 201 Å². The number of sulfonamides is 1. The summed E-state index contributed by atoms with van der Waals surface area (Å²) in [5.74, 6) is -2.51. The fourth-order valence-corrected chi connectivity index (χ4v) is 5.95. The maximum absolute atomic E-state index is 13.2. The van der Waals surface area contributed by atoms with Gasteiger partial charge in [0.1, 0.15) is 17.3 Å². The molecule has 2 atom stereocenters. The average Bonchev–Trinajstić information content (AvgIpc) is 2.77. The lowest BCUT2D eigenvalue weighted by Gasteiger charge is -2.40. The molecule has 0 aliphatic carbocycles. The van der Waals surface area contributed by atoms with Crippen LogP contribution in [0, 0.1) is 11.7 Å². The third kappa shape index (κ3) is 5.66. The third-order valence-corrected chi connectivity index (χ3v) is 7.76. The van der Waals surface area contributed by atoms with Crippen LogP contribution in [0.4, 0.5) is 10.1 Å². The molecule has 0 radical (unpaired) electrons. The first-order valence-corrected chi connectivity index (χ1v) is 13.3. The van der Waals surface area contributed by atoms with E-state index in [0.29, 0.717) is 30.5 Å². The molecule has 1 saturated heterocycles. The molecule has 0 aromatic heterocycles. The number of cyclic esters (lactones) is 1. The van der Waals surface area contributed by atoms with Crippen LogP contribution in [0.1, 0.15) is 70.8 Å². The number of nitrogens with one attached hydrogen (secondary N) is 1. The number of rotatable bonds is 10. The molecular formula is C26H32FNO5S. The summed E-state index contributed by atoms with van der Waals surface area (Å²) in [6.07, 6.45) is 3.66. The van der Waals surface area contributed by atoms with Crippen LogP contribution < -0.4 is 4.72 Å². The molecule has 1 aliphatic rings. The van der Waals surface area contributed by atoms with E-state index in [1.165, 1.54) is 12.1 Å². The van der Waals surface area contributed by atoms with Crippen molar-refractivity contribution in [2.45, 2.75) is 75.7 Å². The van der Waals surface area contributed by atoms with Crippen LogP contribution in [0.3, 0.4) is 0 Å². The molecule has 0 saturated carbocycles. The van der Waals surface area contributed by atoms with Gasteiger partial charge in [-0.1, -0.05) is 45.7 Å². The predicted molar refractivity (Wildman–Crippen MR) is 128 cm³/mol. The van der Waals surface area contributed by atoms with Crippen molar-refractivity contribution in [1.82, 2.24) is 0 Å². The van der Waals surface area contributed by atoms with Gasteiger partial charge in [-0.05, 0) is 61.2 Å². The largest absolute Gasteiger partial charge is 0.458 e. The van der Waals surface area contributed by atoms with E-state index in [4.69, 9.17) is 4.74 Å². The molecular weight excluding hydrogens is 457 g/mol. The molecule has 34 heavy (non-hydrogen) atoms. The molecule has 0 bridgehead atoms. The van der Waals surface area contributed by atoms with Crippen molar-refractivity contribution >= 4 is 27.5 Å². The number of halogens is 1. The molecule has 1 N–H and O–H groups in total. The van der Waals surface area contributed by atoms with Crippen molar-refractivity contribution in [3.05, 3.63) is 59.9 Å². The molecule has 3 rings (SSSR count). The Hall–Kier alpha value is -2.74. The smallest absolute Gasteiger partial charge is 0.317 e. The Morgan fingerprint density at radius 1 is 1.06 bits per heavy atom. The van der Waals surface area contributed by atoms with Crippen molar-refractivity contribution in [3.63, 3.8) is 0 Å². The van der Waals surface area contributed by atoms with E-state index >= 15 is 0 Å². The molecule has 2 unspecified atom stereocenters. The Balaban J connectivity index is 1.85. The maximum Gasteiger partial charge on any atom is 0.317 e. The number of ether oxygens (including phenoxy) is 1. The highest BCUT2D eigenvalue weighted by atomic mass is 32.2. The van der Waals surface area contributed by atoms with Crippen LogP contribution in [0.15, 0.2) is 53.4 Å². The first-order chi connectivity index (χ1) is 16.1. The van der Waals surface area contributed by atoms with Crippen LogP contribution in [0.5, 0.6) is 0 Å². The first-order valence-electron chi connectivity index (χ1n) is 11.8. The van der Waals surface area contributed by atoms with Crippen molar-refractivity contribution in [1.29, 1.82) is 0 Å². The second-order valence-electron chi connectivity index (χ2n) is 8.92. The zero-order chi connectivity index (χ0) is 24.9. The second-order valence-corrected chi connectivity index (χ2v) is 10.6. The highest BCUT2D eigenvalue weighted by Gasteiger charge is 2.48. The van der Waals surface area contributed by atoms with Gasteiger partial charge in [-0.3, -0.25) is 14.3 Å². The summed E-state index contributed by atoms with van der Waals surface area (Å²) < 4.78 is 47.0. The highest BCUT2D eigenvalue weighted by Crippen LogP contribution is 2.41. The number of hydrogen-bond acceptors (Lipinski definition) is 5. The fourth-order valence-electron chi connectivity index (χ4n) is 4.90. The van der Waals surface area contributed by atoms with Crippen LogP contribution >= 0.6 is 0 Å². The predicted octanol–water partition coefficient (Wildman–Crippen LogP) is 5.59. The maximum atomic E-state index is 13.2. The van der Waals surface area contributed by atoms with Gasteiger partial charge in [-0.15, -0.1) is 0 Å². The van der Waals surface area contributed by atoms with Gasteiger partial charge in [0, 0.05) is 18.0 Å². The van der Waals surface area contributed by atoms with Crippen LogP contribution in [0.25, 0.3) is 0 Å². The number of benzene rings is 2. The molecule has 6 nitrogen and oxygen atoms in total. The third-order valence-electron chi connectivity index (χ3n) is 6.36. The SMILES string of the molecule is CCCC1(CCC)CC(=O)C(C(CC)c2cccc(NS(=O)(=O)c3ccc(F)cc3)c2)C(=O)O1. The highest BCUT2D eigenvalue weighted by molar-refractivity contribution is 7.92. The summed E-state index contributed by atoms with van der Waals surface area (Å²) in [7, 11) is -3.93. The summed E-state index contributed by atoms with van der Waals surface area (Å²) in [5.41, 5.74) is 0.248. The minimum atomic E-state index is -3.93. The van der Waals surface area contributed by atoms with Crippen LogP contribution in [-0.4, -0.2) is 25.8 Å². The minimum Gasteiger partial charge on any atom is -0.458 e. The first kappa shape index (κ1) is 25.9. The lowest BCUT2D eigenvalue weighted by molar-refractivity contribution is -0.180. The monoisotopic (exact) mass is 489 g/mol. The lowest BCUT2D eigenvalue weighted by atomic mass is 9.74. The lowest BCUT2D eigenvalue weighted by Crippen LogP contribution is -2.49. The topological polar surface area (TPSA) is 89.5 Å². The van der Waals surface area contributed by atoms with Gasteiger partial charge >= 0.3 is 5.97 Å². The summed E-state index contributed by atoms with van der Waals surface area (Å²) in [6, 6.07) is 11.2. The van der Waals surface area contributed by atoms with E-state index in [1.807, 2.05) is 20.8 Å². The normalized spacial score (nSPS) is 18.9. The Morgan fingerprint density at radius 3 is 2.26 bits per heavy atom. The van der Waals surface area contributed by atoms with E-state index in [0.717, 1.165) is 25.0 Å². The van der Waals surface area contributed by atoms with Crippen molar-refractivity contribution in [2.75, 3.05) is 4.72 Å². The number of Topliss-reactive ketones (excluding diaryl/α,β-unsaturated/α-hetero) is 1. The molecule has 1 heterocycles. The van der Waals surface area contributed by atoms with Gasteiger partial charge in [0.25, 0.3) is 10.0 Å². The van der Waals surface area contributed by atoms with Gasteiger partial charge in [0.05, 0.1) is 4.90 Å². The van der Waals surface area contributed by atoms with Gasteiger partial charge in [-0.25, -0.2) is 12.8 Å². The molecule has 184 valence electrons. The summed E-state index contributed by atoms with van der Waals surface area (Å²) in [4.78, 5) is 26.2. The van der Waals surface area contributed by atoms with E-state index in [9.17, 15) is 22.4 Å².